The quantitative estimate of drug-likeness (QED) is 0.802. The minimum Gasteiger partial charge on any atom is -0.460 e. The first-order chi connectivity index (χ1) is 6.84. The molecule has 0 aliphatic carbocycles. The first kappa shape index (κ1) is 8.81. The van der Waals surface area contributed by atoms with Crippen LogP contribution < -0.4 is 4.74 Å². The van der Waals surface area contributed by atoms with E-state index in [2.05, 4.69) is 29.0 Å². The average molecular weight is 188 g/mol. The van der Waals surface area contributed by atoms with Gasteiger partial charge >= 0.3 is 0 Å². The molecule has 0 fully saturated rings. The van der Waals surface area contributed by atoms with E-state index >= 15 is 0 Å². The normalized spacial score (nSPS) is 10.1. The molecule has 1 N–H and O–H groups in total. The highest BCUT2D eigenvalue weighted by atomic mass is 16.5. The summed E-state index contributed by atoms with van der Waals surface area (Å²) in [6.07, 6.45) is 3.41. The number of aryl methyl sites for hydroxylation is 1. The summed E-state index contributed by atoms with van der Waals surface area (Å²) in [5, 5.41) is 0. The third-order valence-corrected chi connectivity index (χ3v) is 1.93. The van der Waals surface area contributed by atoms with Crippen molar-refractivity contribution in [2.75, 3.05) is 0 Å². The molecule has 1 aromatic carbocycles. The lowest BCUT2D eigenvalue weighted by atomic mass is 10.1. The number of hydrogen-bond acceptors (Lipinski definition) is 2. The van der Waals surface area contributed by atoms with E-state index in [4.69, 9.17) is 4.74 Å². The van der Waals surface area contributed by atoms with Gasteiger partial charge in [0, 0.05) is 12.4 Å². The summed E-state index contributed by atoms with van der Waals surface area (Å²) in [6, 6.07) is 8.79. The third-order valence-electron chi connectivity index (χ3n) is 1.93. The van der Waals surface area contributed by atoms with Crippen LogP contribution in [0.4, 0.5) is 0 Å². The maximum atomic E-state index is 5.42. The van der Waals surface area contributed by atoms with Crippen molar-refractivity contribution in [3.05, 3.63) is 47.8 Å². The number of benzene rings is 1. The van der Waals surface area contributed by atoms with Gasteiger partial charge in [-0.05, 0) is 12.5 Å². The van der Waals surface area contributed by atoms with Crippen LogP contribution in [0.1, 0.15) is 11.1 Å². The summed E-state index contributed by atoms with van der Waals surface area (Å²) in [5.74, 6) is 0. The number of aromatic nitrogens is 2. The lowest BCUT2D eigenvalue weighted by molar-refractivity contribution is 0.283. The Hall–Kier alpha value is -1.77. The van der Waals surface area contributed by atoms with Crippen molar-refractivity contribution in [1.29, 1.82) is 0 Å². The molecule has 0 aliphatic heterocycles. The van der Waals surface area contributed by atoms with Crippen LogP contribution in [-0.2, 0) is 6.61 Å². The molecule has 1 heterocycles. The van der Waals surface area contributed by atoms with Crippen molar-refractivity contribution in [3.8, 4) is 6.01 Å². The molecule has 0 bridgehead atoms. The smallest absolute Gasteiger partial charge is 0.293 e. The van der Waals surface area contributed by atoms with Crippen molar-refractivity contribution in [3.63, 3.8) is 0 Å². The SMILES string of the molecule is Cc1cccc(COc2ncc[nH]2)c1. The van der Waals surface area contributed by atoms with E-state index < -0.39 is 0 Å². The maximum absolute atomic E-state index is 5.42. The van der Waals surface area contributed by atoms with Crippen LogP contribution in [0.3, 0.4) is 0 Å². The third kappa shape index (κ3) is 2.13. The van der Waals surface area contributed by atoms with E-state index in [0.29, 0.717) is 12.6 Å². The van der Waals surface area contributed by atoms with Gasteiger partial charge in [0.1, 0.15) is 6.61 Å². The molecule has 2 aromatic rings. The molecule has 0 radical (unpaired) electrons. The van der Waals surface area contributed by atoms with Crippen LogP contribution >= 0.6 is 0 Å². The van der Waals surface area contributed by atoms with Gasteiger partial charge in [-0.1, -0.05) is 29.8 Å². The molecule has 14 heavy (non-hydrogen) atoms. The lowest BCUT2D eigenvalue weighted by Gasteiger charge is -2.03. The van der Waals surface area contributed by atoms with E-state index in [9.17, 15) is 0 Å². The molecule has 0 unspecified atom stereocenters. The Morgan fingerprint density at radius 1 is 1.43 bits per heavy atom. The van der Waals surface area contributed by atoms with Gasteiger partial charge in [0.05, 0.1) is 0 Å². The highest BCUT2D eigenvalue weighted by Gasteiger charge is 1.96. The van der Waals surface area contributed by atoms with Crippen LogP contribution in [0.25, 0.3) is 0 Å². The number of H-pyrrole nitrogens is 1. The molecule has 0 spiro atoms. The van der Waals surface area contributed by atoms with Crippen LogP contribution in [-0.4, -0.2) is 9.97 Å². The summed E-state index contributed by atoms with van der Waals surface area (Å²) >= 11 is 0. The number of nitrogens with zero attached hydrogens (tertiary/aromatic N) is 1. The molecule has 2 rings (SSSR count). The number of ether oxygens (including phenoxy) is 1. The fourth-order valence-corrected chi connectivity index (χ4v) is 1.28. The predicted octanol–water partition coefficient (Wildman–Crippen LogP) is 2.30. The second-order valence-electron chi connectivity index (χ2n) is 3.17. The molecule has 0 aliphatic rings. The topological polar surface area (TPSA) is 37.9 Å². The molecular weight excluding hydrogens is 176 g/mol. The van der Waals surface area contributed by atoms with Crippen LogP contribution in [0.5, 0.6) is 6.01 Å². The van der Waals surface area contributed by atoms with Gasteiger partial charge in [-0.2, -0.15) is 0 Å². The molecule has 1 aromatic heterocycles. The second-order valence-corrected chi connectivity index (χ2v) is 3.17. The van der Waals surface area contributed by atoms with E-state index in [1.165, 1.54) is 5.56 Å². The Balaban J connectivity index is 1.98. The zero-order valence-electron chi connectivity index (χ0n) is 8.03. The van der Waals surface area contributed by atoms with Gasteiger partial charge in [0.25, 0.3) is 6.01 Å². The van der Waals surface area contributed by atoms with Crippen molar-refractivity contribution < 1.29 is 4.74 Å². The molecular formula is C11H12N2O. The predicted molar refractivity (Wildman–Crippen MR) is 54.1 cm³/mol. The van der Waals surface area contributed by atoms with Gasteiger partial charge in [0.15, 0.2) is 0 Å². The Kier molecular flexibility index (Phi) is 2.49. The minimum atomic E-state index is 0.551. The lowest BCUT2D eigenvalue weighted by Crippen LogP contribution is -1.96. The summed E-state index contributed by atoms with van der Waals surface area (Å²) < 4.78 is 5.42. The van der Waals surface area contributed by atoms with E-state index in [1.807, 2.05) is 12.1 Å². The highest BCUT2D eigenvalue weighted by Crippen LogP contribution is 2.07. The standard InChI is InChI=1S/C11H12N2O/c1-9-3-2-4-10(7-9)8-14-11-12-5-6-13-11/h2-7H,8H2,1H3,(H,12,13). The van der Waals surface area contributed by atoms with Gasteiger partial charge in [-0.3, -0.25) is 0 Å². The minimum absolute atomic E-state index is 0.551. The van der Waals surface area contributed by atoms with Crippen LogP contribution in [0.15, 0.2) is 36.7 Å². The van der Waals surface area contributed by atoms with Gasteiger partial charge < -0.3 is 9.72 Å². The first-order valence-corrected chi connectivity index (χ1v) is 4.52. The average Bonchev–Trinajstić information content (AvgIpc) is 2.67. The van der Waals surface area contributed by atoms with Crippen molar-refractivity contribution in [2.24, 2.45) is 0 Å². The van der Waals surface area contributed by atoms with Crippen LogP contribution in [0, 0.1) is 6.92 Å². The van der Waals surface area contributed by atoms with Crippen LogP contribution in [0.2, 0.25) is 0 Å². The summed E-state index contributed by atoms with van der Waals surface area (Å²) in [4.78, 5) is 6.86. The zero-order valence-corrected chi connectivity index (χ0v) is 8.03. The first-order valence-electron chi connectivity index (χ1n) is 4.52. The van der Waals surface area contributed by atoms with Gasteiger partial charge in [-0.25, -0.2) is 4.98 Å². The van der Waals surface area contributed by atoms with Crippen molar-refractivity contribution in [1.82, 2.24) is 9.97 Å². The zero-order chi connectivity index (χ0) is 9.80. The van der Waals surface area contributed by atoms with E-state index in [1.54, 1.807) is 12.4 Å². The molecule has 0 amide bonds. The summed E-state index contributed by atoms with van der Waals surface area (Å²) in [5.41, 5.74) is 2.40. The highest BCUT2D eigenvalue weighted by molar-refractivity contribution is 5.21. The molecule has 0 saturated carbocycles. The Morgan fingerprint density at radius 2 is 2.36 bits per heavy atom. The molecule has 72 valence electrons. The summed E-state index contributed by atoms with van der Waals surface area (Å²) in [7, 11) is 0. The van der Waals surface area contributed by atoms with Crippen molar-refractivity contribution in [2.45, 2.75) is 13.5 Å². The summed E-state index contributed by atoms with van der Waals surface area (Å²) in [6.45, 7) is 2.62. The Morgan fingerprint density at radius 3 is 3.07 bits per heavy atom. The fourth-order valence-electron chi connectivity index (χ4n) is 1.28. The number of imidazole rings is 1. The maximum Gasteiger partial charge on any atom is 0.293 e. The number of rotatable bonds is 3. The van der Waals surface area contributed by atoms with Crippen molar-refractivity contribution >= 4 is 0 Å². The molecule has 0 atom stereocenters. The second kappa shape index (κ2) is 3.96. The monoisotopic (exact) mass is 188 g/mol. The number of hydrogen-bond donors (Lipinski definition) is 1. The Bertz CT molecular complexity index is 395. The number of aromatic amines is 1. The van der Waals surface area contributed by atoms with Gasteiger partial charge in [0.2, 0.25) is 0 Å². The molecule has 3 nitrogen and oxygen atoms in total. The Labute approximate surface area is 82.8 Å². The fraction of sp³-hybridized carbons (Fsp3) is 0.182. The van der Waals surface area contributed by atoms with Gasteiger partial charge in [-0.15, -0.1) is 0 Å². The largest absolute Gasteiger partial charge is 0.460 e. The van der Waals surface area contributed by atoms with E-state index in [0.717, 1.165) is 5.56 Å². The molecule has 3 heteroatoms. The number of nitrogens with one attached hydrogen (secondary N) is 1. The van der Waals surface area contributed by atoms with E-state index in [-0.39, 0.29) is 0 Å². The molecule has 0 saturated heterocycles.